The minimum absolute atomic E-state index is 0.111. The number of hydrogen-bond donors (Lipinski definition) is 2. The summed E-state index contributed by atoms with van der Waals surface area (Å²) in [5.41, 5.74) is -0.111. The van der Waals surface area contributed by atoms with Crippen molar-refractivity contribution in [3.05, 3.63) is 63.7 Å². The van der Waals surface area contributed by atoms with Crippen LogP contribution >= 0.6 is 0 Å². The van der Waals surface area contributed by atoms with E-state index < -0.39 is 34.9 Å². The molecule has 0 spiro atoms. The van der Waals surface area contributed by atoms with Crippen molar-refractivity contribution < 1.29 is 24.1 Å². The van der Waals surface area contributed by atoms with E-state index in [0.29, 0.717) is 16.3 Å². The van der Waals surface area contributed by atoms with Crippen molar-refractivity contribution >= 4 is 40.7 Å². The predicted molar refractivity (Wildman–Crippen MR) is 97.8 cm³/mol. The summed E-state index contributed by atoms with van der Waals surface area (Å²) in [5.74, 6) is -2.62. The summed E-state index contributed by atoms with van der Waals surface area (Å²) in [4.78, 5) is 59.3. The third-order valence-electron chi connectivity index (χ3n) is 3.94. The second-order valence-electron chi connectivity index (χ2n) is 5.96. The number of imide groups is 1. The average Bonchev–Trinajstić information content (AvgIpc) is 2.86. The highest BCUT2D eigenvalue weighted by Crippen LogP contribution is 2.30. The Balaban J connectivity index is 1.76. The van der Waals surface area contributed by atoms with Gasteiger partial charge in [-0.15, -0.1) is 0 Å². The van der Waals surface area contributed by atoms with Gasteiger partial charge in [0, 0.05) is 24.4 Å². The first kappa shape index (κ1) is 18.7. The van der Waals surface area contributed by atoms with Gasteiger partial charge in [0.05, 0.1) is 10.5 Å². The van der Waals surface area contributed by atoms with Gasteiger partial charge >= 0.3 is 0 Å². The van der Waals surface area contributed by atoms with Gasteiger partial charge < -0.3 is 10.6 Å². The van der Waals surface area contributed by atoms with E-state index in [9.17, 15) is 29.3 Å². The number of nitrogens with zero attached hydrogens (tertiary/aromatic N) is 2. The summed E-state index contributed by atoms with van der Waals surface area (Å²) >= 11 is 0. The van der Waals surface area contributed by atoms with E-state index in [0.717, 1.165) is 6.07 Å². The van der Waals surface area contributed by atoms with Gasteiger partial charge in [0.15, 0.2) is 0 Å². The molecule has 0 aliphatic carbocycles. The van der Waals surface area contributed by atoms with E-state index in [1.807, 2.05) is 0 Å². The molecule has 1 heterocycles. The second-order valence-corrected chi connectivity index (χ2v) is 5.96. The first-order valence-corrected chi connectivity index (χ1v) is 8.09. The lowest BCUT2D eigenvalue weighted by Crippen LogP contribution is -2.37. The van der Waals surface area contributed by atoms with E-state index in [1.54, 1.807) is 18.2 Å². The molecule has 0 aromatic heterocycles. The predicted octanol–water partition coefficient (Wildman–Crippen LogP) is 1.79. The fourth-order valence-corrected chi connectivity index (χ4v) is 2.83. The van der Waals surface area contributed by atoms with Crippen LogP contribution in [0.25, 0.3) is 0 Å². The first-order chi connectivity index (χ1) is 13.3. The maximum absolute atomic E-state index is 12.5. The van der Waals surface area contributed by atoms with E-state index >= 15 is 0 Å². The molecule has 0 unspecified atom stereocenters. The minimum atomic E-state index is -0.894. The standard InChI is InChI=1S/C18H14N4O6/c1-10(23)19-11-4-2-5-12(8-11)20-15(24)9-21-17(25)13-6-3-7-14(22(27)28)16(13)18(21)26/h2-8H,9H2,1H3,(H,19,23)(H,20,24). The number of nitro groups is 1. The number of nitro benzene ring substituents is 1. The zero-order valence-corrected chi connectivity index (χ0v) is 14.6. The number of anilines is 2. The van der Waals surface area contributed by atoms with E-state index in [2.05, 4.69) is 10.6 Å². The molecular formula is C18H14N4O6. The van der Waals surface area contributed by atoms with Crippen molar-refractivity contribution in [3.63, 3.8) is 0 Å². The molecule has 2 N–H and O–H groups in total. The molecule has 0 saturated heterocycles. The van der Waals surface area contributed by atoms with Gasteiger partial charge in [0.1, 0.15) is 12.1 Å². The Hall–Kier alpha value is -4.08. The van der Waals surface area contributed by atoms with Crippen molar-refractivity contribution in [1.82, 2.24) is 4.90 Å². The van der Waals surface area contributed by atoms with Crippen LogP contribution in [0.3, 0.4) is 0 Å². The number of amides is 4. The van der Waals surface area contributed by atoms with Crippen LogP contribution < -0.4 is 10.6 Å². The molecule has 1 aliphatic heterocycles. The quantitative estimate of drug-likeness (QED) is 0.459. The van der Waals surface area contributed by atoms with Crippen molar-refractivity contribution in [2.75, 3.05) is 17.2 Å². The highest BCUT2D eigenvalue weighted by molar-refractivity contribution is 6.24. The molecule has 0 atom stereocenters. The SMILES string of the molecule is CC(=O)Nc1cccc(NC(=O)CN2C(=O)c3cccc([N+](=O)[O-])c3C2=O)c1. The van der Waals surface area contributed by atoms with Crippen LogP contribution in [-0.2, 0) is 9.59 Å². The minimum Gasteiger partial charge on any atom is -0.326 e. The molecule has 10 heteroatoms. The molecule has 3 rings (SSSR count). The first-order valence-electron chi connectivity index (χ1n) is 8.09. The van der Waals surface area contributed by atoms with Crippen molar-refractivity contribution in [2.24, 2.45) is 0 Å². The van der Waals surface area contributed by atoms with Gasteiger partial charge in [0.25, 0.3) is 17.5 Å². The fourth-order valence-electron chi connectivity index (χ4n) is 2.83. The third-order valence-corrected chi connectivity index (χ3v) is 3.94. The number of rotatable bonds is 5. The smallest absolute Gasteiger partial charge is 0.282 e. The van der Waals surface area contributed by atoms with Crippen LogP contribution in [-0.4, -0.2) is 40.0 Å². The molecule has 0 radical (unpaired) electrons. The molecule has 4 amide bonds. The summed E-state index contributed by atoms with van der Waals surface area (Å²) in [6.07, 6.45) is 0. The Morgan fingerprint density at radius 2 is 1.68 bits per heavy atom. The molecule has 1 aliphatic rings. The fraction of sp³-hybridized carbons (Fsp3) is 0.111. The number of carbonyl (C=O) groups excluding carboxylic acids is 4. The van der Waals surface area contributed by atoms with E-state index in [4.69, 9.17) is 0 Å². The average molecular weight is 382 g/mol. The van der Waals surface area contributed by atoms with E-state index in [1.165, 1.54) is 25.1 Å². The highest BCUT2D eigenvalue weighted by atomic mass is 16.6. The summed E-state index contributed by atoms with van der Waals surface area (Å²) in [6, 6.07) is 10.0. The molecule has 10 nitrogen and oxygen atoms in total. The van der Waals surface area contributed by atoms with Gasteiger partial charge in [0.2, 0.25) is 11.8 Å². The molecular weight excluding hydrogens is 368 g/mol. The maximum atomic E-state index is 12.5. The number of fused-ring (bicyclic) bond motifs is 1. The Bertz CT molecular complexity index is 1030. The third kappa shape index (κ3) is 3.56. The van der Waals surface area contributed by atoms with Crippen LogP contribution in [0.15, 0.2) is 42.5 Å². The number of carbonyl (C=O) groups is 4. The Kier molecular flexibility index (Phi) is 4.86. The molecule has 0 bridgehead atoms. The lowest BCUT2D eigenvalue weighted by Gasteiger charge is -2.14. The summed E-state index contributed by atoms with van der Waals surface area (Å²) in [6.45, 7) is 0.737. The number of benzene rings is 2. The topological polar surface area (TPSA) is 139 Å². The van der Waals surface area contributed by atoms with Crippen molar-refractivity contribution in [1.29, 1.82) is 0 Å². The summed E-state index contributed by atoms with van der Waals surface area (Å²) in [7, 11) is 0. The van der Waals surface area contributed by atoms with Crippen LogP contribution in [0.5, 0.6) is 0 Å². The van der Waals surface area contributed by atoms with Crippen molar-refractivity contribution in [2.45, 2.75) is 6.92 Å². The normalized spacial score (nSPS) is 12.5. The number of nitrogens with one attached hydrogen (secondary N) is 2. The lowest BCUT2D eigenvalue weighted by atomic mass is 10.1. The Morgan fingerprint density at radius 3 is 2.32 bits per heavy atom. The number of hydrogen-bond acceptors (Lipinski definition) is 6. The van der Waals surface area contributed by atoms with E-state index in [-0.39, 0.29) is 17.0 Å². The van der Waals surface area contributed by atoms with Crippen LogP contribution in [0.4, 0.5) is 17.1 Å². The van der Waals surface area contributed by atoms with Gasteiger partial charge in [-0.3, -0.25) is 34.2 Å². The molecule has 0 saturated carbocycles. The molecule has 2 aromatic rings. The largest absolute Gasteiger partial charge is 0.326 e. The Labute approximate surface area is 158 Å². The zero-order valence-electron chi connectivity index (χ0n) is 14.6. The van der Waals surface area contributed by atoms with Crippen LogP contribution in [0.1, 0.15) is 27.6 Å². The van der Waals surface area contributed by atoms with Gasteiger partial charge in [-0.25, -0.2) is 0 Å². The van der Waals surface area contributed by atoms with Crippen LogP contribution in [0.2, 0.25) is 0 Å². The molecule has 0 fully saturated rings. The van der Waals surface area contributed by atoms with Gasteiger partial charge in [-0.05, 0) is 24.3 Å². The summed E-state index contributed by atoms with van der Waals surface area (Å²) in [5, 5.41) is 16.2. The van der Waals surface area contributed by atoms with Crippen LogP contribution in [0, 0.1) is 10.1 Å². The van der Waals surface area contributed by atoms with Gasteiger partial charge in [-0.2, -0.15) is 0 Å². The molecule has 2 aromatic carbocycles. The summed E-state index contributed by atoms with van der Waals surface area (Å²) < 4.78 is 0. The molecule has 142 valence electrons. The van der Waals surface area contributed by atoms with Gasteiger partial charge in [-0.1, -0.05) is 12.1 Å². The zero-order chi connectivity index (χ0) is 20.4. The Morgan fingerprint density at radius 1 is 1.04 bits per heavy atom. The highest BCUT2D eigenvalue weighted by Gasteiger charge is 2.41. The lowest BCUT2D eigenvalue weighted by molar-refractivity contribution is -0.385. The van der Waals surface area contributed by atoms with Crippen molar-refractivity contribution in [3.8, 4) is 0 Å². The molecule has 28 heavy (non-hydrogen) atoms. The monoisotopic (exact) mass is 382 g/mol. The second kappa shape index (κ2) is 7.27. The maximum Gasteiger partial charge on any atom is 0.282 e.